The maximum Gasteiger partial charge on any atom is 0.263 e. The van der Waals surface area contributed by atoms with Gasteiger partial charge in [0.05, 0.1) is 34.0 Å². The Bertz CT molecular complexity index is 1670. The molecule has 4 aromatic rings. The number of carbonyl (C=O) groups is 2. The van der Waals surface area contributed by atoms with Crippen LogP contribution in [0.2, 0.25) is 10.0 Å². The van der Waals surface area contributed by atoms with Crippen molar-refractivity contribution in [1.82, 2.24) is 24.8 Å². The number of hydrogen-bond donors (Lipinski definition) is 2. The molecule has 1 aliphatic heterocycles. The molecule has 210 valence electrons. The lowest BCUT2D eigenvalue weighted by atomic mass is 9.98. The van der Waals surface area contributed by atoms with Crippen molar-refractivity contribution >= 4 is 41.0 Å². The van der Waals surface area contributed by atoms with Crippen LogP contribution in [0.3, 0.4) is 0 Å². The monoisotopic (exact) mass is 590 g/mol. The van der Waals surface area contributed by atoms with Crippen molar-refractivity contribution in [2.24, 2.45) is 0 Å². The number of aromatic nitrogens is 3. The Balaban J connectivity index is 1.57. The highest BCUT2D eigenvalue weighted by Crippen LogP contribution is 2.28. The van der Waals surface area contributed by atoms with E-state index >= 15 is 0 Å². The number of halogens is 2. The Kier molecular flexibility index (Phi) is 8.10. The second kappa shape index (κ2) is 11.7. The first-order chi connectivity index (χ1) is 19.7. The standard InChI is InChI=1S/C30H28Cl2N6O3/c1-17-13-23-26(16-37(17)28(40)20-8-11-24(31)25(32)14-20)36-30(35-18(2)21-5-4-12-34-15-21)38(29(23)41)22-9-6-19(7-10-22)27(39)33-3/h4-12,14-15,17-18H,13,16H2,1-3H3,(H,33,39)(H,35,36)/t17-,18?/m1/s1. The summed E-state index contributed by atoms with van der Waals surface area (Å²) in [7, 11) is 1.56. The average molecular weight is 591 g/mol. The minimum atomic E-state index is -0.267. The van der Waals surface area contributed by atoms with Gasteiger partial charge < -0.3 is 15.5 Å². The minimum Gasteiger partial charge on any atom is -0.355 e. The third kappa shape index (κ3) is 5.68. The number of nitrogens with one attached hydrogen (secondary N) is 2. The molecule has 9 nitrogen and oxygen atoms in total. The average Bonchev–Trinajstić information content (AvgIpc) is 2.98. The maximum absolute atomic E-state index is 14.1. The number of anilines is 1. The van der Waals surface area contributed by atoms with Crippen LogP contribution in [0.4, 0.5) is 5.95 Å². The predicted molar refractivity (Wildman–Crippen MR) is 159 cm³/mol. The lowest BCUT2D eigenvalue weighted by Crippen LogP contribution is -2.46. The molecule has 2 amide bonds. The summed E-state index contributed by atoms with van der Waals surface area (Å²) >= 11 is 12.2. The summed E-state index contributed by atoms with van der Waals surface area (Å²) in [5.74, 6) is -0.137. The highest BCUT2D eigenvalue weighted by Gasteiger charge is 2.32. The molecule has 0 saturated carbocycles. The third-order valence-corrected chi connectivity index (χ3v) is 7.93. The Morgan fingerprint density at radius 1 is 1.05 bits per heavy atom. The highest BCUT2D eigenvalue weighted by atomic mass is 35.5. The van der Waals surface area contributed by atoms with Crippen molar-refractivity contribution < 1.29 is 9.59 Å². The van der Waals surface area contributed by atoms with E-state index in [0.29, 0.717) is 50.5 Å². The van der Waals surface area contributed by atoms with Crippen molar-refractivity contribution in [3.63, 3.8) is 0 Å². The molecule has 0 bridgehead atoms. The molecule has 0 radical (unpaired) electrons. The molecule has 1 aliphatic rings. The zero-order valence-corrected chi connectivity index (χ0v) is 24.2. The molecule has 11 heteroatoms. The molecule has 2 N–H and O–H groups in total. The number of amides is 2. The van der Waals surface area contributed by atoms with Crippen LogP contribution in [0.25, 0.3) is 5.69 Å². The van der Waals surface area contributed by atoms with Crippen LogP contribution in [0.5, 0.6) is 0 Å². The van der Waals surface area contributed by atoms with Gasteiger partial charge in [-0.3, -0.25) is 19.4 Å². The smallest absolute Gasteiger partial charge is 0.263 e. The van der Waals surface area contributed by atoms with E-state index in [1.807, 2.05) is 26.0 Å². The quantitative estimate of drug-likeness (QED) is 0.325. The fourth-order valence-corrected chi connectivity index (χ4v) is 5.18. The highest BCUT2D eigenvalue weighted by molar-refractivity contribution is 6.42. The van der Waals surface area contributed by atoms with Crippen molar-refractivity contribution in [2.75, 3.05) is 12.4 Å². The summed E-state index contributed by atoms with van der Waals surface area (Å²) in [6, 6.07) is 14.8. The number of nitrogens with zero attached hydrogens (tertiary/aromatic N) is 4. The first-order valence-electron chi connectivity index (χ1n) is 13.1. The van der Waals surface area contributed by atoms with Gasteiger partial charge in [0.2, 0.25) is 5.95 Å². The molecule has 0 fully saturated rings. The number of benzene rings is 2. The summed E-state index contributed by atoms with van der Waals surface area (Å²) in [5.41, 5.74) is 3.15. The van der Waals surface area contributed by atoms with Gasteiger partial charge in [0.1, 0.15) is 0 Å². The number of pyridine rings is 1. The second-order valence-electron chi connectivity index (χ2n) is 9.89. The number of rotatable bonds is 6. The summed E-state index contributed by atoms with van der Waals surface area (Å²) < 4.78 is 1.52. The molecule has 3 heterocycles. The Hall–Kier alpha value is -4.21. The molecular formula is C30H28Cl2N6O3. The maximum atomic E-state index is 14.1. The van der Waals surface area contributed by atoms with Crippen LogP contribution >= 0.6 is 23.2 Å². The Morgan fingerprint density at radius 3 is 2.44 bits per heavy atom. The van der Waals surface area contributed by atoms with E-state index in [-0.39, 0.29) is 36.0 Å². The van der Waals surface area contributed by atoms with Crippen LogP contribution in [0.1, 0.15) is 57.4 Å². The summed E-state index contributed by atoms with van der Waals surface area (Å²) in [5, 5.41) is 6.62. The van der Waals surface area contributed by atoms with Gasteiger partial charge in [0.25, 0.3) is 17.4 Å². The van der Waals surface area contributed by atoms with Gasteiger partial charge in [-0.1, -0.05) is 29.3 Å². The Morgan fingerprint density at radius 2 is 1.78 bits per heavy atom. The first kappa shape index (κ1) is 28.3. The number of carbonyl (C=O) groups excluding carboxylic acids is 2. The van der Waals surface area contributed by atoms with E-state index in [1.165, 1.54) is 4.57 Å². The van der Waals surface area contributed by atoms with Gasteiger partial charge in [0, 0.05) is 42.2 Å². The van der Waals surface area contributed by atoms with Crippen molar-refractivity contribution in [3.05, 3.63) is 115 Å². The van der Waals surface area contributed by atoms with E-state index in [9.17, 15) is 14.4 Å². The lowest BCUT2D eigenvalue weighted by molar-refractivity contribution is 0.0653. The largest absolute Gasteiger partial charge is 0.355 e. The van der Waals surface area contributed by atoms with E-state index in [4.69, 9.17) is 28.2 Å². The predicted octanol–water partition coefficient (Wildman–Crippen LogP) is 5.05. The first-order valence-corrected chi connectivity index (χ1v) is 13.8. The zero-order chi connectivity index (χ0) is 29.3. The molecule has 0 saturated heterocycles. The van der Waals surface area contributed by atoms with Crippen LogP contribution in [-0.4, -0.2) is 44.3 Å². The van der Waals surface area contributed by atoms with Gasteiger partial charge >= 0.3 is 0 Å². The van der Waals surface area contributed by atoms with Gasteiger partial charge in [-0.25, -0.2) is 9.55 Å². The van der Waals surface area contributed by atoms with E-state index < -0.39 is 0 Å². The van der Waals surface area contributed by atoms with Crippen LogP contribution in [0.15, 0.2) is 71.8 Å². The van der Waals surface area contributed by atoms with E-state index in [1.54, 1.807) is 66.8 Å². The van der Waals surface area contributed by atoms with Crippen LogP contribution in [-0.2, 0) is 13.0 Å². The SMILES string of the molecule is CNC(=O)c1ccc(-n2c(NC(C)c3cccnc3)nc3c(c2=O)C[C@@H](C)N(C(=O)c2ccc(Cl)c(Cl)c2)C3)cc1. The molecule has 1 unspecified atom stereocenters. The molecular weight excluding hydrogens is 563 g/mol. The fraction of sp³-hybridized carbons (Fsp3) is 0.233. The number of hydrogen-bond acceptors (Lipinski definition) is 6. The van der Waals surface area contributed by atoms with Crippen LogP contribution < -0.4 is 16.2 Å². The lowest BCUT2D eigenvalue weighted by Gasteiger charge is -2.35. The molecule has 2 atom stereocenters. The molecule has 41 heavy (non-hydrogen) atoms. The van der Waals surface area contributed by atoms with Crippen LogP contribution in [0, 0.1) is 0 Å². The molecule has 0 spiro atoms. The summed E-state index contributed by atoms with van der Waals surface area (Å²) in [6.45, 7) is 4.00. The Labute approximate surface area is 247 Å². The van der Waals surface area contributed by atoms with E-state index in [2.05, 4.69) is 15.6 Å². The summed E-state index contributed by atoms with van der Waals surface area (Å²) in [4.78, 5) is 50.4. The topological polar surface area (TPSA) is 109 Å². The fourth-order valence-electron chi connectivity index (χ4n) is 4.88. The third-order valence-electron chi connectivity index (χ3n) is 7.19. The van der Waals surface area contributed by atoms with Gasteiger partial charge in [-0.2, -0.15) is 0 Å². The molecule has 5 rings (SSSR count). The van der Waals surface area contributed by atoms with Crippen molar-refractivity contribution in [2.45, 2.75) is 38.9 Å². The van der Waals surface area contributed by atoms with Crippen molar-refractivity contribution in [1.29, 1.82) is 0 Å². The molecule has 0 aliphatic carbocycles. The molecule has 2 aromatic carbocycles. The second-order valence-corrected chi connectivity index (χ2v) is 10.7. The normalized spacial score (nSPS) is 15.1. The zero-order valence-electron chi connectivity index (χ0n) is 22.7. The number of fused-ring (bicyclic) bond motifs is 1. The van der Waals surface area contributed by atoms with Crippen molar-refractivity contribution in [3.8, 4) is 5.69 Å². The molecule has 2 aromatic heterocycles. The van der Waals surface area contributed by atoms with Gasteiger partial charge in [-0.05, 0) is 74.4 Å². The minimum absolute atomic E-state index is 0.150. The summed E-state index contributed by atoms with van der Waals surface area (Å²) in [6.07, 6.45) is 3.76. The van der Waals surface area contributed by atoms with E-state index in [0.717, 1.165) is 5.56 Å². The van der Waals surface area contributed by atoms with Gasteiger partial charge in [-0.15, -0.1) is 0 Å². The van der Waals surface area contributed by atoms with Gasteiger partial charge in [0.15, 0.2) is 0 Å².